The molecule has 16 heteroatoms. The molecule has 1 aromatic rings. The number of nitrogens with one attached hydrogen (secondary N) is 2. The molecule has 14 nitrogen and oxygen atoms in total. The first-order valence-electron chi connectivity index (χ1n) is 15.1. The summed E-state index contributed by atoms with van der Waals surface area (Å²) < 4.78 is 37.3. The van der Waals surface area contributed by atoms with Crippen molar-refractivity contribution in [3.05, 3.63) is 35.9 Å². The maximum atomic E-state index is 14.3. The first-order valence-corrected chi connectivity index (χ1v) is 16.9. The van der Waals surface area contributed by atoms with Gasteiger partial charge >= 0.3 is 10.4 Å². The highest BCUT2D eigenvalue weighted by Gasteiger charge is 2.51. The number of unbranched alkanes of at least 4 members (excludes halogenated alkanes) is 1. The van der Waals surface area contributed by atoms with Gasteiger partial charge in [0, 0.05) is 30.9 Å². The van der Waals surface area contributed by atoms with Crippen LogP contribution in [0, 0.1) is 11.8 Å². The Morgan fingerprint density at radius 1 is 1.13 bits per heavy atom. The fourth-order valence-electron chi connectivity index (χ4n) is 5.95. The maximum Gasteiger partial charge on any atom is 0.398 e. The van der Waals surface area contributed by atoms with Gasteiger partial charge in [0.2, 0.25) is 11.8 Å². The van der Waals surface area contributed by atoms with Crippen LogP contribution < -0.4 is 22.1 Å². The van der Waals surface area contributed by atoms with Crippen LogP contribution in [0.3, 0.4) is 0 Å². The van der Waals surface area contributed by atoms with Gasteiger partial charge in [-0.3, -0.25) is 23.9 Å². The number of aliphatic imine (C=N–C) groups is 1. The summed E-state index contributed by atoms with van der Waals surface area (Å²) >= 11 is 6.50. The van der Waals surface area contributed by atoms with Crippen LogP contribution in [0.25, 0.3) is 0 Å². The summed E-state index contributed by atoms with van der Waals surface area (Å²) in [4.78, 5) is 46.5. The standard InChI is InChI=1S/C29H44ClN6O8S/c1-17(2)25(37)24(35-27(39)23(44-45(41,42)43)14-18-8-4-3-5-9-18)28(40)36-21-16-20(30)11-10-19(21)15-22(36)26(38)33-12-6-7-13-34-29(31)32/h3-5,8-9,17,19-25H,6-7,10-16H2,1-2H3,(H,33,38)(H,35,39)(H4,31,32,34)(H,41,42,43)/t19-,20+,21-,22-,23-,24+,25+/m0/s1. The molecule has 0 bridgehead atoms. The highest BCUT2D eigenvalue weighted by atomic mass is 35.5. The van der Waals surface area contributed by atoms with Crippen molar-refractivity contribution in [2.75, 3.05) is 13.1 Å². The van der Waals surface area contributed by atoms with Crippen LogP contribution in [0.15, 0.2) is 35.3 Å². The van der Waals surface area contributed by atoms with Crippen molar-refractivity contribution < 1.29 is 36.6 Å². The number of likely N-dealkylation sites (tertiary alicyclic amines) is 1. The quantitative estimate of drug-likeness (QED) is 0.0586. The van der Waals surface area contributed by atoms with Gasteiger partial charge in [-0.15, -0.1) is 11.6 Å². The van der Waals surface area contributed by atoms with Crippen LogP contribution in [0.2, 0.25) is 0 Å². The van der Waals surface area contributed by atoms with Crippen LogP contribution in [0.1, 0.15) is 57.9 Å². The fourth-order valence-corrected chi connectivity index (χ4v) is 6.71. The summed E-state index contributed by atoms with van der Waals surface area (Å²) in [6.07, 6.45) is -0.298. The Hall–Kier alpha value is -2.98. The molecular formula is C29H44ClN6O8S. The number of nitrogens with zero attached hydrogens (tertiary/aromatic N) is 2. The summed E-state index contributed by atoms with van der Waals surface area (Å²) in [5.41, 5.74) is 11.2. The van der Waals surface area contributed by atoms with Gasteiger partial charge < -0.3 is 27.0 Å². The number of amides is 3. The molecule has 1 aromatic carbocycles. The van der Waals surface area contributed by atoms with Gasteiger partial charge in [-0.25, -0.2) is 9.29 Å². The van der Waals surface area contributed by atoms with E-state index >= 15 is 0 Å². The summed E-state index contributed by atoms with van der Waals surface area (Å²) in [5, 5.41) is 18.6. The van der Waals surface area contributed by atoms with E-state index in [9.17, 15) is 32.5 Å². The Morgan fingerprint density at radius 3 is 2.44 bits per heavy atom. The minimum atomic E-state index is -5.08. The largest absolute Gasteiger partial charge is 0.398 e. The third-order valence-electron chi connectivity index (χ3n) is 8.19. The maximum absolute atomic E-state index is 14.3. The normalized spacial score (nSPS) is 23.5. The Labute approximate surface area is 269 Å². The van der Waals surface area contributed by atoms with Crippen molar-refractivity contribution in [2.24, 2.45) is 28.3 Å². The van der Waals surface area contributed by atoms with Crippen LogP contribution >= 0.6 is 11.6 Å². The molecule has 251 valence electrons. The number of carbonyl (C=O) groups is 3. The predicted octanol–water partition coefficient (Wildman–Crippen LogP) is 0.904. The number of nitrogens with two attached hydrogens (primary N) is 2. The molecule has 0 aromatic heterocycles. The van der Waals surface area contributed by atoms with Crippen molar-refractivity contribution in [3.63, 3.8) is 0 Å². The van der Waals surface area contributed by atoms with Gasteiger partial charge in [0.25, 0.3) is 5.91 Å². The minimum absolute atomic E-state index is 0.0185. The second-order valence-corrected chi connectivity index (χ2v) is 13.6. The average molecular weight is 672 g/mol. The summed E-state index contributed by atoms with van der Waals surface area (Å²) in [5.74, 6) is -2.90. The molecular weight excluding hydrogens is 628 g/mol. The van der Waals surface area contributed by atoms with E-state index in [0.29, 0.717) is 57.2 Å². The second kappa shape index (κ2) is 16.5. The number of alkyl halides is 1. The molecule has 1 aliphatic heterocycles. The molecule has 3 amide bonds. The number of carbonyl (C=O) groups excluding carboxylic acids is 3. The third-order valence-corrected chi connectivity index (χ3v) is 9.06. The zero-order valence-electron chi connectivity index (χ0n) is 25.5. The number of fused-ring (bicyclic) bond motifs is 1. The molecule has 3 rings (SSSR count). The zero-order valence-corrected chi connectivity index (χ0v) is 27.1. The summed E-state index contributed by atoms with van der Waals surface area (Å²) in [6.45, 7) is 3.90. The first-order chi connectivity index (χ1) is 21.2. The average Bonchev–Trinajstić information content (AvgIpc) is 3.34. The second-order valence-electron chi connectivity index (χ2n) is 11.9. The minimum Gasteiger partial charge on any atom is -0.370 e. The smallest absolute Gasteiger partial charge is 0.370 e. The Bertz CT molecular complexity index is 1300. The molecule has 1 saturated heterocycles. The van der Waals surface area contributed by atoms with Crippen LogP contribution in [0.5, 0.6) is 0 Å². The monoisotopic (exact) mass is 671 g/mol. The number of halogens is 1. The molecule has 1 radical (unpaired) electrons. The van der Waals surface area contributed by atoms with E-state index < -0.39 is 58.5 Å². The van der Waals surface area contributed by atoms with Crippen molar-refractivity contribution in [1.82, 2.24) is 15.5 Å². The Balaban J connectivity index is 1.86. The zero-order chi connectivity index (χ0) is 33.3. The molecule has 0 spiro atoms. The van der Waals surface area contributed by atoms with Crippen molar-refractivity contribution in [3.8, 4) is 0 Å². The predicted molar refractivity (Wildman–Crippen MR) is 167 cm³/mol. The number of guanidine groups is 1. The SMILES string of the molecule is CC(C)[C@@H]([O])[C@@H](NC(=O)[C@H](Cc1ccccc1)OS(=O)(=O)O)C(=O)N1[C@H](C(=O)NCCCCN=C(N)N)C[C@@H]2CC[C@@H](Cl)C[C@@H]21. The molecule has 1 aliphatic carbocycles. The number of hydrogen-bond donors (Lipinski definition) is 5. The van der Waals surface area contributed by atoms with Gasteiger partial charge in [-0.2, -0.15) is 8.42 Å². The number of rotatable bonds is 15. The highest BCUT2D eigenvalue weighted by Crippen LogP contribution is 2.42. The molecule has 1 saturated carbocycles. The van der Waals surface area contributed by atoms with E-state index in [2.05, 4.69) is 19.8 Å². The van der Waals surface area contributed by atoms with Crippen molar-refractivity contribution in [2.45, 2.75) is 94.5 Å². The highest BCUT2D eigenvalue weighted by molar-refractivity contribution is 7.80. The van der Waals surface area contributed by atoms with Crippen LogP contribution in [0.4, 0.5) is 0 Å². The van der Waals surface area contributed by atoms with E-state index in [1.165, 1.54) is 4.90 Å². The van der Waals surface area contributed by atoms with Gasteiger partial charge in [0.05, 0.1) is 0 Å². The molecule has 1 heterocycles. The number of hydrogen-bond acceptors (Lipinski definition) is 7. The molecule has 2 aliphatic rings. The molecule has 7 atom stereocenters. The Morgan fingerprint density at radius 2 is 1.82 bits per heavy atom. The third kappa shape index (κ3) is 10.8. The molecule has 0 unspecified atom stereocenters. The van der Waals surface area contributed by atoms with Crippen molar-refractivity contribution in [1.29, 1.82) is 0 Å². The summed E-state index contributed by atoms with van der Waals surface area (Å²) in [7, 11) is -5.08. The Kier molecular flexibility index (Phi) is 13.4. The number of benzene rings is 1. The lowest BCUT2D eigenvalue weighted by Gasteiger charge is -2.38. The molecule has 2 fully saturated rings. The van der Waals surface area contributed by atoms with Gasteiger partial charge in [0.1, 0.15) is 18.2 Å². The molecule has 7 N–H and O–H groups in total. The van der Waals surface area contributed by atoms with Gasteiger partial charge in [-0.05, 0) is 55.9 Å². The van der Waals surface area contributed by atoms with E-state index in [4.69, 9.17) is 23.1 Å². The topological polar surface area (TPSA) is 226 Å². The van der Waals surface area contributed by atoms with Crippen molar-refractivity contribution >= 4 is 45.7 Å². The van der Waals surface area contributed by atoms with Gasteiger partial charge in [0.15, 0.2) is 12.1 Å². The fraction of sp³-hybridized carbons (Fsp3) is 0.655. The van der Waals surface area contributed by atoms with E-state index in [1.807, 2.05) is 0 Å². The van der Waals surface area contributed by atoms with E-state index in [1.54, 1.807) is 44.2 Å². The van der Waals surface area contributed by atoms with Crippen LogP contribution in [-0.2, 0) is 40.5 Å². The van der Waals surface area contributed by atoms with E-state index in [-0.39, 0.29) is 29.6 Å². The van der Waals surface area contributed by atoms with Crippen LogP contribution in [-0.4, -0.2) is 90.4 Å². The lowest BCUT2D eigenvalue weighted by molar-refractivity contribution is -0.149. The van der Waals surface area contributed by atoms with Gasteiger partial charge in [-0.1, -0.05) is 44.2 Å². The summed E-state index contributed by atoms with van der Waals surface area (Å²) in [6, 6.07) is 5.32. The lowest BCUT2D eigenvalue weighted by atomic mass is 9.84. The van der Waals surface area contributed by atoms with E-state index in [0.717, 1.165) is 0 Å². The molecule has 45 heavy (non-hydrogen) atoms. The lowest BCUT2D eigenvalue weighted by Crippen LogP contribution is -2.61. The first kappa shape index (κ1) is 36.5.